The molecular formula is C15H19N5O. The third-order valence-electron chi connectivity index (χ3n) is 4.00. The molecule has 0 aliphatic carbocycles. The molecule has 0 saturated carbocycles. The molecule has 1 amide bonds. The molecule has 6 nitrogen and oxygen atoms in total. The minimum Gasteiger partial charge on any atom is -0.368 e. The molecule has 2 aromatic rings. The molecule has 1 aromatic heterocycles. The van der Waals surface area contributed by atoms with Gasteiger partial charge in [0, 0.05) is 6.04 Å². The van der Waals surface area contributed by atoms with Crippen molar-refractivity contribution in [3.05, 3.63) is 48.5 Å². The first-order chi connectivity index (χ1) is 10.3. The Labute approximate surface area is 123 Å². The van der Waals surface area contributed by atoms with Gasteiger partial charge < -0.3 is 5.73 Å². The number of primary amides is 1. The van der Waals surface area contributed by atoms with Gasteiger partial charge in [-0.1, -0.05) is 30.3 Å². The molecular weight excluding hydrogens is 266 g/mol. The van der Waals surface area contributed by atoms with Gasteiger partial charge in [-0.2, -0.15) is 5.10 Å². The van der Waals surface area contributed by atoms with Crippen LogP contribution < -0.4 is 5.73 Å². The summed E-state index contributed by atoms with van der Waals surface area (Å²) in [5.74, 6) is -0.299. The number of hydrogen-bond donors (Lipinski definition) is 1. The van der Waals surface area contributed by atoms with Crippen LogP contribution in [0.2, 0.25) is 0 Å². The summed E-state index contributed by atoms with van der Waals surface area (Å²) in [4.78, 5) is 18.1. The Morgan fingerprint density at radius 2 is 2.19 bits per heavy atom. The molecule has 1 aliphatic rings. The van der Waals surface area contributed by atoms with Gasteiger partial charge in [0.25, 0.3) is 0 Å². The first-order valence-electron chi connectivity index (χ1n) is 7.18. The van der Waals surface area contributed by atoms with Crippen LogP contribution in [0.4, 0.5) is 0 Å². The molecule has 1 aliphatic heterocycles. The number of hydrogen-bond acceptors (Lipinski definition) is 4. The summed E-state index contributed by atoms with van der Waals surface area (Å²) in [6, 6.07) is 9.62. The molecule has 1 aromatic carbocycles. The zero-order valence-electron chi connectivity index (χ0n) is 11.8. The van der Waals surface area contributed by atoms with Crippen LogP contribution in [0.5, 0.6) is 0 Å². The minimum absolute atomic E-state index is 0.254. The molecule has 0 unspecified atom stereocenters. The van der Waals surface area contributed by atoms with Gasteiger partial charge >= 0.3 is 0 Å². The van der Waals surface area contributed by atoms with Gasteiger partial charge in [0.2, 0.25) is 5.91 Å². The zero-order chi connectivity index (χ0) is 14.7. The highest BCUT2D eigenvalue weighted by Gasteiger charge is 2.34. The van der Waals surface area contributed by atoms with E-state index in [0.29, 0.717) is 0 Å². The molecule has 2 heterocycles. The highest BCUT2D eigenvalue weighted by atomic mass is 16.1. The maximum atomic E-state index is 12.0. The molecule has 2 atom stereocenters. The highest BCUT2D eigenvalue weighted by molar-refractivity contribution is 5.81. The van der Waals surface area contributed by atoms with Crippen molar-refractivity contribution in [3.63, 3.8) is 0 Å². The predicted octanol–water partition coefficient (Wildman–Crippen LogP) is 0.969. The van der Waals surface area contributed by atoms with E-state index in [1.807, 2.05) is 35.0 Å². The molecule has 3 rings (SSSR count). The van der Waals surface area contributed by atoms with E-state index in [1.54, 1.807) is 6.33 Å². The standard InChI is InChI=1S/C15H19N5O/c16-15(21)14(12-5-2-1-3-6-12)20-8-4-7-13(20)9-19-11-17-10-18-19/h1-3,5-6,10-11,13-14H,4,7-9H2,(H2,16,21)/t13-,14+/m1/s1. The van der Waals surface area contributed by atoms with Gasteiger partial charge in [-0.25, -0.2) is 4.98 Å². The Kier molecular flexibility index (Phi) is 3.96. The first kappa shape index (κ1) is 13.8. The third kappa shape index (κ3) is 2.95. The van der Waals surface area contributed by atoms with Crippen molar-refractivity contribution in [1.82, 2.24) is 19.7 Å². The van der Waals surface area contributed by atoms with E-state index in [-0.39, 0.29) is 18.0 Å². The van der Waals surface area contributed by atoms with Crippen LogP contribution in [0.15, 0.2) is 43.0 Å². The van der Waals surface area contributed by atoms with Crippen LogP contribution in [0.3, 0.4) is 0 Å². The number of carbonyl (C=O) groups is 1. The van der Waals surface area contributed by atoms with Gasteiger partial charge in [-0.15, -0.1) is 0 Å². The fraction of sp³-hybridized carbons (Fsp3) is 0.400. The summed E-state index contributed by atoms with van der Waals surface area (Å²) in [6.45, 7) is 1.61. The number of aromatic nitrogens is 3. The fourth-order valence-electron chi connectivity index (χ4n) is 3.09. The Hall–Kier alpha value is -2.21. The normalized spacial score (nSPS) is 20.5. The molecule has 0 radical (unpaired) electrons. The molecule has 6 heteroatoms. The lowest BCUT2D eigenvalue weighted by Gasteiger charge is -2.31. The number of benzene rings is 1. The van der Waals surface area contributed by atoms with Crippen LogP contribution >= 0.6 is 0 Å². The summed E-state index contributed by atoms with van der Waals surface area (Å²) in [7, 11) is 0. The van der Waals surface area contributed by atoms with Crippen molar-refractivity contribution >= 4 is 5.91 Å². The molecule has 110 valence electrons. The topological polar surface area (TPSA) is 77.0 Å². The summed E-state index contributed by atoms with van der Waals surface area (Å²) in [5, 5.41) is 4.15. The average molecular weight is 285 g/mol. The summed E-state index contributed by atoms with van der Waals surface area (Å²) >= 11 is 0. The van der Waals surface area contributed by atoms with E-state index in [0.717, 1.165) is 31.5 Å². The van der Waals surface area contributed by atoms with Crippen LogP contribution in [-0.4, -0.2) is 38.2 Å². The predicted molar refractivity (Wildman–Crippen MR) is 78.1 cm³/mol. The van der Waals surface area contributed by atoms with Crippen molar-refractivity contribution in [2.45, 2.75) is 31.5 Å². The number of amides is 1. The minimum atomic E-state index is -0.373. The van der Waals surface area contributed by atoms with Crippen molar-refractivity contribution in [3.8, 4) is 0 Å². The maximum Gasteiger partial charge on any atom is 0.239 e. The van der Waals surface area contributed by atoms with E-state index in [1.165, 1.54) is 6.33 Å². The Morgan fingerprint density at radius 3 is 2.86 bits per heavy atom. The van der Waals surface area contributed by atoms with Crippen molar-refractivity contribution in [2.75, 3.05) is 6.54 Å². The van der Waals surface area contributed by atoms with Gasteiger partial charge in [0.15, 0.2) is 0 Å². The van der Waals surface area contributed by atoms with E-state index in [9.17, 15) is 4.79 Å². The van der Waals surface area contributed by atoms with Gasteiger partial charge in [0.05, 0.1) is 6.54 Å². The quantitative estimate of drug-likeness (QED) is 0.888. The molecule has 1 fully saturated rings. The third-order valence-corrected chi connectivity index (χ3v) is 4.00. The summed E-state index contributed by atoms with van der Waals surface area (Å²) < 4.78 is 1.81. The number of likely N-dealkylation sites (tertiary alicyclic amines) is 1. The molecule has 1 saturated heterocycles. The summed E-state index contributed by atoms with van der Waals surface area (Å²) in [6.07, 6.45) is 5.34. The molecule has 21 heavy (non-hydrogen) atoms. The monoisotopic (exact) mass is 285 g/mol. The van der Waals surface area contributed by atoms with Gasteiger partial charge in [0.1, 0.15) is 18.7 Å². The summed E-state index contributed by atoms with van der Waals surface area (Å²) in [5.41, 5.74) is 6.62. The van der Waals surface area contributed by atoms with Crippen molar-refractivity contribution in [1.29, 1.82) is 0 Å². The largest absolute Gasteiger partial charge is 0.368 e. The zero-order valence-corrected chi connectivity index (χ0v) is 11.8. The first-order valence-corrected chi connectivity index (χ1v) is 7.18. The maximum absolute atomic E-state index is 12.0. The fourth-order valence-corrected chi connectivity index (χ4v) is 3.09. The van der Waals surface area contributed by atoms with Crippen LogP contribution in [-0.2, 0) is 11.3 Å². The Bertz CT molecular complexity index is 583. The Balaban J connectivity index is 1.83. The van der Waals surface area contributed by atoms with Crippen molar-refractivity contribution in [2.24, 2.45) is 5.73 Å². The smallest absolute Gasteiger partial charge is 0.239 e. The number of nitrogens with zero attached hydrogens (tertiary/aromatic N) is 4. The van der Waals surface area contributed by atoms with E-state index in [2.05, 4.69) is 15.0 Å². The van der Waals surface area contributed by atoms with Crippen LogP contribution in [0.25, 0.3) is 0 Å². The SMILES string of the molecule is NC(=O)[C@H](c1ccccc1)N1CCC[C@@H]1Cn1cncn1. The van der Waals surface area contributed by atoms with E-state index >= 15 is 0 Å². The Morgan fingerprint density at radius 1 is 1.38 bits per heavy atom. The second-order valence-electron chi connectivity index (χ2n) is 5.37. The molecule has 0 spiro atoms. The highest BCUT2D eigenvalue weighted by Crippen LogP contribution is 2.30. The average Bonchev–Trinajstić information content (AvgIpc) is 3.13. The van der Waals surface area contributed by atoms with Crippen molar-refractivity contribution < 1.29 is 4.79 Å². The lowest BCUT2D eigenvalue weighted by atomic mass is 10.0. The van der Waals surface area contributed by atoms with E-state index < -0.39 is 0 Å². The van der Waals surface area contributed by atoms with E-state index in [4.69, 9.17) is 5.73 Å². The van der Waals surface area contributed by atoms with Crippen LogP contribution in [0.1, 0.15) is 24.4 Å². The van der Waals surface area contributed by atoms with Gasteiger partial charge in [-0.05, 0) is 24.9 Å². The van der Waals surface area contributed by atoms with Gasteiger partial charge in [-0.3, -0.25) is 14.4 Å². The van der Waals surface area contributed by atoms with Crippen LogP contribution in [0, 0.1) is 0 Å². The second-order valence-corrected chi connectivity index (χ2v) is 5.37. The molecule has 2 N–H and O–H groups in total. The number of rotatable bonds is 5. The number of nitrogens with two attached hydrogens (primary N) is 1. The lowest BCUT2D eigenvalue weighted by Crippen LogP contribution is -2.42. The number of carbonyl (C=O) groups excluding carboxylic acids is 1. The lowest BCUT2D eigenvalue weighted by molar-refractivity contribution is -0.124. The molecule has 0 bridgehead atoms. The second kappa shape index (κ2) is 6.05.